The lowest BCUT2D eigenvalue weighted by molar-refractivity contribution is 0.573. The van der Waals surface area contributed by atoms with E-state index in [0.29, 0.717) is 16.7 Å². The van der Waals surface area contributed by atoms with Crippen LogP contribution in [0.25, 0.3) is 0 Å². The van der Waals surface area contributed by atoms with Crippen molar-refractivity contribution in [3.05, 3.63) is 64.5 Å². The fraction of sp³-hybridized carbons (Fsp3) is 0.250. The van der Waals surface area contributed by atoms with Crippen molar-refractivity contribution in [2.24, 2.45) is 0 Å². The zero-order chi connectivity index (χ0) is 15.6. The molecule has 0 radical (unpaired) electrons. The van der Waals surface area contributed by atoms with Crippen LogP contribution in [0.15, 0.2) is 41.3 Å². The van der Waals surface area contributed by atoms with Gasteiger partial charge in [-0.3, -0.25) is 0 Å². The first-order valence-electron chi connectivity index (χ1n) is 6.62. The van der Waals surface area contributed by atoms with Crippen LogP contribution in [0, 0.1) is 26.6 Å². The van der Waals surface area contributed by atoms with E-state index in [9.17, 15) is 12.8 Å². The Labute approximate surface area is 124 Å². The highest BCUT2D eigenvalue weighted by atomic mass is 32.2. The largest absolute Gasteiger partial charge is 0.241 e. The number of benzene rings is 2. The predicted molar refractivity (Wildman–Crippen MR) is 81.1 cm³/mol. The van der Waals surface area contributed by atoms with Crippen molar-refractivity contribution < 1.29 is 12.8 Å². The van der Waals surface area contributed by atoms with Gasteiger partial charge in [-0.2, -0.15) is 0 Å². The minimum atomic E-state index is -3.67. The Kier molecular flexibility index (Phi) is 4.44. The lowest BCUT2D eigenvalue weighted by Gasteiger charge is -2.13. The molecule has 0 amide bonds. The zero-order valence-corrected chi connectivity index (χ0v) is 13.1. The summed E-state index contributed by atoms with van der Waals surface area (Å²) in [6, 6.07) is 9.77. The third kappa shape index (κ3) is 3.49. The highest BCUT2D eigenvalue weighted by Crippen LogP contribution is 2.22. The maximum Gasteiger partial charge on any atom is 0.241 e. The molecule has 0 aliphatic heterocycles. The summed E-state index contributed by atoms with van der Waals surface area (Å²) in [5.74, 6) is -0.419. The molecular weight excluding hydrogens is 289 g/mol. The van der Waals surface area contributed by atoms with Crippen LogP contribution < -0.4 is 4.72 Å². The molecule has 0 spiro atoms. The van der Waals surface area contributed by atoms with E-state index in [4.69, 9.17) is 0 Å². The molecular formula is C16H18FNO2S. The minimum absolute atomic E-state index is 0.0677. The van der Waals surface area contributed by atoms with Gasteiger partial charge in [0.15, 0.2) is 0 Å². The molecule has 0 saturated carbocycles. The summed E-state index contributed by atoms with van der Waals surface area (Å²) in [6.45, 7) is 5.38. The van der Waals surface area contributed by atoms with Crippen LogP contribution in [-0.2, 0) is 16.6 Å². The quantitative estimate of drug-likeness (QED) is 0.942. The van der Waals surface area contributed by atoms with Crippen LogP contribution in [0.1, 0.15) is 22.3 Å². The first kappa shape index (κ1) is 15.7. The summed E-state index contributed by atoms with van der Waals surface area (Å²) < 4.78 is 40.9. The van der Waals surface area contributed by atoms with Crippen LogP contribution in [-0.4, -0.2) is 8.42 Å². The topological polar surface area (TPSA) is 46.2 Å². The average molecular weight is 307 g/mol. The number of nitrogens with one attached hydrogen (secondary N) is 1. The van der Waals surface area contributed by atoms with Crippen molar-refractivity contribution >= 4 is 10.0 Å². The van der Waals surface area contributed by atoms with E-state index in [1.165, 1.54) is 6.07 Å². The molecule has 0 aliphatic carbocycles. The maximum absolute atomic E-state index is 13.5. The predicted octanol–water partition coefficient (Wildman–Crippen LogP) is 3.23. The number of halogens is 1. The van der Waals surface area contributed by atoms with Gasteiger partial charge in [-0.05, 0) is 38.0 Å². The fourth-order valence-corrected chi connectivity index (χ4v) is 3.93. The van der Waals surface area contributed by atoms with Crippen LogP contribution in [0.5, 0.6) is 0 Å². The number of hydrogen-bond donors (Lipinski definition) is 1. The zero-order valence-electron chi connectivity index (χ0n) is 12.3. The molecule has 112 valence electrons. The Balaban J connectivity index is 2.30. The second-order valence-electron chi connectivity index (χ2n) is 5.14. The molecule has 0 saturated heterocycles. The monoisotopic (exact) mass is 307 g/mol. The molecule has 2 aromatic rings. The molecule has 0 aromatic heterocycles. The molecule has 2 rings (SSSR count). The van der Waals surface area contributed by atoms with E-state index in [0.717, 1.165) is 5.56 Å². The van der Waals surface area contributed by atoms with Crippen molar-refractivity contribution in [2.75, 3.05) is 0 Å². The average Bonchev–Trinajstić information content (AvgIpc) is 2.36. The lowest BCUT2D eigenvalue weighted by Crippen LogP contribution is -2.25. The van der Waals surface area contributed by atoms with Gasteiger partial charge in [-0.25, -0.2) is 17.5 Å². The molecule has 0 bridgehead atoms. The molecule has 21 heavy (non-hydrogen) atoms. The van der Waals surface area contributed by atoms with Crippen molar-refractivity contribution in [3.8, 4) is 0 Å². The van der Waals surface area contributed by atoms with Gasteiger partial charge in [0.05, 0.1) is 4.90 Å². The fourth-order valence-electron chi connectivity index (χ4n) is 2.48. The molecule has 0 atom stereocenters. The minimum Gasteiger partial charge on any atom is -0.207 e. The Hall–Kier alpha value is -1.72. The molecule has 5 heteroatoms. The van der Waals surface area contributed by atoms with Crippen molar-refractivity contribution in [2.45, 2.75) is 32.2 Å². The van der Waals surface area contributed by atoms with Crippen molar-refractivity contribution in [1.29, 1.82) is 0 Å². The van der Waals surface area contributed by atoms with Crippen LogP contribution in [0.2, 0.25) is 0 Å². The van der Waals surface area contributed by atoms with Gasteiger partial charge in [-0.15, -0.1) is 0 Å². The van der Waals surface area contributed by atoms with Gasteiger partial charge in [0.2, 0.25) is 10.0 Å². The van der Waals surface area contributed by atoms with Gasteiger partial charge in [0.1, 0.15) is 5.82 Å². The highest BCUT2D eigenvalue weighted by molar-refractivity contribution is 7.89. The van der Waals surface area contributed by atoms with Gasteiger partial charge in [0.25, 0.3) is 0 Å². The summed E-state index contributed by atoms with van der Waals surface area (Å²) in [4.78, 5) is 0.268. The van der Waals surface area contributed by atoms with Crippen molar-refractivity contribution in [3.63, 3.8) is 0 Å². The Morgan fingerprint density at radius 2 is 1.62 bits per heavy atom. The van der Waals surface area contributed by atoms with Crippen LogP contribution >= 0.6 is 0 Å². The summed E-state index contributed by atoms with van der Waals surface area (Å²) >= 11 is 0. The van der Waals surface area contributed by atoms with E-state index >= 15 is 0 Å². The smallest absolute Gasteiger partial charge is 0.207 e. The van der Waals surface area contributed by atoms with E-state index in [1.54, 1.807) is 32.0 Å². The normalized spacial score (nSPS) is 11.6. The molecule has 0 unspecified atom stereocenters. The number of aryl methyl sites for hydroxylation is 3. The van der Waals surface area contributed by atoms with Gasteiger partial charge in [-0.1, -0.05) is 35.9 Å². The third-order valence-corrected chi connectivity index (χ3v) is 4.99. The van der Waals surface area contributed by atoms with Crippen LogP contribution in [0.3, 0.4) is 0 Å². The summed E-state index contributed by atoms with van der Waals surface area (Å²) in [7, 11) is -3.67. The van der Waals surface area contributed by atoms with E-state index in [-0.39, 0.29) is 11.4 Å². The first-order chi connectivity index (χ1) is 9.81. The SMILES string of the molecule is Cc1cc(C)c(S(=O)(=O)NCc2ccccc2F)c(C)c1. The summed E-state index contributed by atoms with van der Waals surface area (Å²) in [5.41, 5.74) is 2.71. The lowest BCUT2D eigenvalue weighted by atomic mass is 10.1. The Morgan fingerprint density at radius 3 is 2.19 bits per heavy atom. The number of hydrogen-bond acceptors (Lipinski definition) is 2. The first-order valence-corrected chi connectivity index (χ1v) is 8.10. The highest BCUT2D eigenvalue weighted by Gasteiger charge is 2.19. The second kappa shape index (κ2) is 5.95. The molecule has 1 N–H and O–H groups in total. The number of rotatable bonds is 4. The molecule has 3 nitrogen and oxygen atoms in total. The van der Waals surface area contributed by atoms with E-state index < -0.39 is 15.8 Å². The van der Waals surface area contributed by atoms with E-state index in [1.807, 2.05) is 19.1 Å². The number of sulfonamides is 1. The van der Waals surface area contributed by atoms with Gasteiger partial charge >= 0.3 is 0 Å². The summed E-state index contributed by atoms with van der Waals surface area (Å²) in [6.07, 6.45) is 0. The molecule has 2 aromatic carbocycles. The van der Waals surface area contributed by atoms with Gasteiger partial charge in [0, 0.05) is 12.1 Å². The molecule has 0 aliphatic rings. The summed E-state index contributed by atoms with van der Waals surface area (Å²) in [5, 5.41) is 0. The Bertz CT molecular complexity index is 747. The standard InChI is InChI=1S/C16H18FNO2S/c1-11-8-12(2)16(13(3)9-11)21(19,20)18-10-14-6-4-5-7-15(14)17/h4-9,18H,10H2,1-3H3. The van der Waals surface area contributed by atoms with E-state index in [2.05, 4.69) is 4.72 Å². The Morgan fingerprint density at radius 1 is 1.05 bits per heavy atom. The van der Waals surface area contributed by atoms with Crippen LogP contribution in [0.4, 0.5) is 4.39 Å². The molecule has 0 fully saturated rings. The van der Waals surface area contributed by atoms with Gasteiger partial charge < -0.3 is 0 Å². The second-order valence-corrected chi connectivity index (χ2v) is 6.85. The third-order valence-electron chi connectivity index (χ3n) is 3.28. The maximum atomic E-state index is 13.5. The molecule has 0 heterocycles. The van der Waals surface area contributed by atoms with Crippen molar-refractivity contribution in [1.82, 2.24) is 4.72 Å².